The van der Waals surface area contributed by atoms with Crippen LogP contribution in [0.5, 0.6) is 0 Å². The molecule has 7 nitrogen and oxygen atoms in total. The molecular formula is C27H28N4O3S. The molecule has 0 N–H and O–H groups in total. The maximum atomic E-state index is 13.3. The summed E-state index contributed by atoms with van der Waals surface area (Å²) in [6.45, 7) is 4.24. The number of hydrazone groups is 1. The molecule has 2 aliphatic rings. The molecule has 0 radical (unpaired) electrons. The summed E-state index contributed by atoms with van der Waals surface area (Å²) in [5.74, 6) is 0. The molecule has 1 fully saturated rings. The maximum absolute atomic E-state index is 13.3. The number of nitrogens with zero attached hydrogens (tertiary/aromatic N) is 4. The average Bonchev–Trinajstić information content (AvgIpc) is 3.40. The highest BCUT2D eigenvalue weighted by Gasteiger charge is 2.28. The fourth-order valence-electron chi connectivity index (χ4n) is 4.21. The Kier molecular flexibility index (Phi) is 6.77. The van der Waals surface area contributed by atoms with E-state index in [9.17, 15) is 8.42 Å². The fourth-order valence-corrected chi connectivity index (χ4v) is 5.84. The average molecular weight is 489 g/mol. The van der Waals surface area contributed by atoms with Crippen LogP contribution in [0.1, 0.15) is 23.1 Å². The highest BCUT2D eigenvalue weighted by atomic mass is 32.2. The lowest BCUT2D eigenvalue weighted by Gasteiger charge is -2.26. The van der Waals surface area contributed by atoms with Gasteiger partial charge in [-0.05, 0) is 47.9 Å². The van der Waals surface area contributed by atoms with Gasteiger partial charge in [-0.2, -0.15) is 9.41 Å². The second-order valence-electron chi connectivity index (χ2n) is 8.62. The summed E-state index contributed by atoms with van der Waals surface area (Å²) in [6.07, 6.45) is 2.61. The summed E-state index contributed by atoms with van der Waals surface area (Å²) in [7, 11) is -3.65. The summed E-state index contributed by atoms with van der Waals surface area (Å²) in [5.41, 5.74) is 5.45. The molecule has 3 aromatic rings. The molecule has 8 heteroatoms. The molecule has 0 bridgehead atoms. The number of anilines is 1. The van der Waals surface area contributed by atoms with Crippen LogP contribution in [0, 0.1) is 6.92 Å². The van der Waals surface area contributed by atoms with Crippen molar-refractivity contribution in [3.8, 4) is 0 Å². The lowest BCUT2D eigenvalue weighted by molar-refractivity contribution is 0.0730. The highest BCUT2D eigenvalue weighted by Crippen LogP contribution is 2.29. The number of hydrogen-bond acceptors (Lipinski definition) is 6. The zero-order chi connectivity index (χ0) is 24.3. The molecule has 0 amide bonds. The largest absolute Gasteiger partial charge is 0.379 e. The van der Waals surface area contributed by atoms with E-state index in [1.807, 2.05) is 60.5 Å². The standard InChI is InChI=1S/C27H28N4O3S/c1-21-7-12-26(27(19-21)35(32,33)30-15-17-34-18-16-30)28-20-22-8-10-24(11-9-22)31-14-13-25(29-31)23-5-3-2-4-6-23/h2-12,19-20H,13-18H2,1H3. The van der Waals surface area contributed by atoms with Crippen molar-refractivity contribution in [3.05, 3.63) is 89.5 Å². The number of morpholine rings is 1. The van der Waals surface area contributed by atoms with Gasteiger partial charge in [0.1, 0.15) is 4.90 Å². The molecule has 2 aliphatic heterocycles. The zero-order valence-electron chi connectivity index (χ0n) is 19.7. The van der Waals surface area contributed by atoms with Gasteiger partial charge in [-0.15, -0.1) is 0 Å². The Hall–Kier alpha value is -3.33. The van der Waals surface area contributed by atoms with Crippen molar-refractivity contribution in [2.24, 2.45) is 10.1 Å². The number of aliphatic imine (C=N–C) groups is 1. The van der Waals surface area contributed by atoms with Gasteiger partial charge in [0.05, 0.1) is 30.3 Å². The Labute approximate surface area is 206 Å². The predicted molar refractivity (Wildman–Crippen MR) is 139 cm³/mol. The van der Waals surface area contributed by atoms with Crippen LogP contribution in [-0.4, -0.2) is 57.5 Å². The third kappa shape index (κ3) is 5.19. The molecular weight excluding hydrogens is 460 g/mol. The first-order chi connectivity index (χ1) is 17.0. The Morgan fingerprint density at radius 1 is 0.943 bits per heavy atom. The number of benzene rings is 3. The lowest BCUT2D eigenvalue weighted by atomic mass is 10.1. The molecule has 0 atom stereocenters. The van der Waals surface area contributed by atoms with Gasteiger partial charge in [0, 0.05) is 32.3 Å². The first-order valence-electron chi connectivity index (χ1n) is 11.7. The quantitative estimate of drug-likeness (QED) is 0.483. The van der Waals surface area contributed by atoms with Crippen LogP contribution in [0.3, 0.4) is 0 Å². The molecule has 1 saturated heterocycles. The van der Waals surface area contributed by atoms with Crippen molar-refractivity contribution in [2.45, 2.75) is 18.2 Å². The first kappa shape index (κ1) is 23.4. The molecule has 5 rings (SSSR count). The Morgan fingerprint density at radius 3 is 2.43 bits per heavy atom. The fraction of sp³-hybridized carbons (Fsp3) is 0.259. The van der Waals surface area contributed by atoms with E-state index >= 15 is 0 Å². The first-order valence-corrected chi connectivity index (χ1v) is 13.2. The number of rotatable bonds is 6. The number of sulfonamides is 1. The van der Waals surface area contributed by atoms with E-state index < -0.39 is 10.0 Å². The van der Waals surface area contributed by atoms with Gasteiger partial charge in [0.25, 0.3) is 0 Å². The minimum atomic E-state index is -3.65. The summed E-state index contributed by atoms with van der Waals surface area (Å²) in [6, 6.07) is 23.5. The summed E-state index contributed by atoms with van der Waals surface area (Å²) >= 11 is 0. The van der Waals surface area contributed by atoms with Gasteiger partial charge in [-0.3, -0.25) is 10.0 Å². The maximum Gasteiger partial charge on any atom is 0.245 e. The van der Waals surface area contributed by atoms with Crippen molar-refractivity contribution in [3.63, 3.8) is 0 Å². The highest BCUT2D eigenvalue weighted by molar-refractivity contribution is 7.89. The molecule has 0 spiro atoms. The van der Waals surface area contributed by atoms with Crippen LogP contribution in [0.15, 0.2) is 87.8 Å². The third-order valence-corrected chi connectivity index (χ3v) is 8.08. The number of hydrogen-bond donors (Lipinski definition) is 0. The van der Waals surface area contributed by atoms with Gasteiger partial charge in [0.2, 0.25) is 10.0 Å². The van der Waals surface area contributed by atoms with E-state index in [0.29, 0.717) is 32.0 Å². The van der Waals surface area contributed by atoms with Crippen LogP contribution in [0.2, 0.25) is 0 Å². The molecule has 0 unspecified atom stereocenters. The normalized spacial score (nSPS) is 17.2. The zero-order valence-corrected chi connectivity index (χ0v) is 20.5. The van der Waals surface area contributed by atoms with Crippen molar-refractivity contribution >= 4 is 33.3 Å². The van der Waals surface area contributed by atoms with Crippen LogP contribution in [-0.2, 0) is 14.8 Å². The van der Waals surface area contributed by atoms with Gasteiger partial charge >= 0.3 is 0 Å². The minimum Gasteiger partial charge on any atom is -0.379 e. The van der Waals surface area contributed by atoms with Crippen LogP contribution in [0.4, 0.5) is 11.4 Å². The van der Waals surface area contributed by atoms with E-state index in [1.54, 1.807) is 18.3 Å². The van der Waals surface area contributed by atoms with Crippen molar-refractivity contribution in [2.75, 3.05) is 37.9 Å². The minimum absolute atomic E-state index is 0.229. The van der Waals surface area contributed by atoms with E-state index in [0.717, 1.165) is 41.1 Å². The van der Waals surface area contributed by atoms with Gasteiger partial charge < -0.3 is 4.74 Å². The van der Waals surface area contributed by atoms with Gasteiger partial charge in [-0.1, -0.05) is 48.5 Å². The van der Waals surface area contributed by atoms with E-state index in [4.69, 9.17) is 9.84 Å². The molecule has 0 aromatic heterocycles. The summed E-state index contributed by atoms with van der Waals surface area (Å²) < 4.78 is 33.3. The van der Waals surface area contributed by atoms with Crippen molar-refractivity contribution < 1.29 is 13.2 Å². The van der Waals surface area contributed by atoms with E-state index in [2.05, 4.69) is 17.1 Å². The number of ether oxygens (including phenoxy) is 1. The molecule has 0 saturated carbocycles. The van der Waals surface area contributed by atoms with Crippen LogP contribution < -0.4 is 5.01 Å². The Bertz CT molecular complexity index is 1350. The van der Waals surface area contributed by atoms with Gasteiger partial charge in [0.15, 0.2) is 0 Å². The summed E-state index contributed by atoms with van der Waals surface area (Å²) in [4.78, 5) is 4.78. The molecule has 3 aromatic carbocycles. The van der Waals surface area contributed by atoms with Gasteiger partial charge in [-0.25, -0.2) is 8.42 Å². The van der Waals surface area contributed by atoms with Crippen molar-refractivity contribution in [1.29, 1.82) is 0 Å². The molecule has 35 heavy (non-hydrogen) atoms. The molecule has 180 valence electrons. The number of aryl methyl sites for hydroxylation is 1. The second kappa shape index (κ2) is 10.1. The van der Waals surface area contributed by atoms with E-state index in [1.165, 1.54) is 4.31 Å². The molecule has 0 aliphatic carbocycles. The topological polar surface area (TPSA) is 74.6 Å². The predicted octanol–water partition coefficient (Wildman–Crippen LogP) is 4.38. The van der Waals surface area contributed by atoms with Crippen LogP contribution >= 0.6 is 0 Å². The molecule has 2 heterocycles. The monoisotopic (exact) mass is 488 g/mol. The van der Waals surface area contributed by atoms with E-state index in [-0.39, 0.29) is 4.90 Å². The second-order valence-corrected chi connectivity index (χ2v) is 10.5. The lowest BCUT2D eigenvalue weighted by Crippen LogP contribution is -2.40. The Morgan fingerprint density at radius 2 is 1.69 bits per heavy atom. The van der Waals surface area contributed by atoms with Crippen molar-refractivity contribution in [1.82, 2.24) is 4.31 Å². The Balaban J connectivity index is 1.34. The smallest absolute Gasteiger partial charge is 0.245 e. The SMILES string of the molecule is Cc1ccc(N=Cc2ccc(N3CCC(c4ccccc4)=N3)cc2)c(S(=O)(=O)N2CCOCC2)c1. The van der Waals surface area contributed by atoms with Crippen LogP contribution in [0.25, 0.3) is 0 Å². The third-order valence-electron chi connectivity index (χ3n) is 6.16. The summed E-state index contributed by atoms with van der Waals surface area (Å²) in [5, 5.41) is 6.79.